The number of amides is 1. The van der Waals surface area contributed by atoms with Gasteiger partial charge >= 0.3 is 24.3 Å². The van der Waals surface area contributed by atoms with Crippen LogP contribution >= 0.6 is 0 Å². The van der Waals surface area contributed by atoms with Crippen LogP contribution in [0.3, 0.4) is 0 Å². The number of carboxylic acid groups (broad SMARTS) is 2. The number of rotatable bonds is 3. The zero-order chi connectivity index (χ0) is 28.4. The molecule has 3 aromatic rings. The summed E-state index contributed by atoms with van der Waals surface area (Å²) in [6.07, 6.45) is -8.58. The van der Waals surface area contributed by atoms with Gasteiger partial charge in [-0.3, -0.25) is 4.79 Å². The number of hydrogen-bond acceptors (Lipinski definition) is 6. The zero-order valence-electron chi connectivity index (χ0n) is 18.3. The van der Waals surface area contributed by atoms with Crippen LogP contribution in [0.25, 0.3) is 10.8 Å². The SMILES string of the molecule is NN=Cc1ccc2cc(C(=O)Nc3ccc(N)cc3)ccc2c1.O=C(O)C(F)(F)F.O=C(O)C(F)(F)F. The van der Waals surface area contributed by atoms with Crippen molar-refractivity contribution in [3.8, 4) is 0 Å². The first-order valence-electron chi connectivity index (χ1n) is 9.58. The number of carboxylic acids is 2. The number of nitrogens with two attached hydrogens (primary N) is 2. The number of anilines is 2. The van der Waals surface area contributed by atoms with Crippen LogP contribution in [0, 0.1) is 0 Å². The molecule has 198 valence electrons. The molecule has 0 heterocycles. The van der Waals surface area contributed by atoms with Crippen LogP contribution in [0.5, 0.6) is 0 Å². The second-order valence-electron chi connectivity index (χ2n) is 6.78. The highest BCUT2D eigenvalue weighted by atomic mass is 19.4. The number of fused-ring (bicyclic) bond motifs is 1. The molecule has 1 amide bonds. The number of alkyl halides is 6. The van der Waals surface area contributed by atoms with Gasteiger partial charge in [-0.15, -0.1) is 0 Å². The topological polar surface area (TPSA) is 168 Å². The third kappa shape index (κ3) is 10.5. The van der Waals surface area contributed by atoms with Gasteiger partial charge in [0.15, 0.2) is 0 Å². The number of benzene rings is 3. The molecule has 0 unspecified atom stereocenters. The quantitative estimate of drug-likeness (QED) is 0.111. The highest BCUT2D eigenvalue weighted by molar-refractivity contribution is 6.06. The molecule has 0 radical (unpaired) electrons. The first-order valence-corrected chi connectivity index (χ1v) is 9.58. The van der Waals surface area contributed by atoms with Crippen LogP contribution in [0.4, 0.5) is 37.7 Å². The molecular formula is C22H18F6N4O5. The second kappa shape index (κ2) is 12.8. The third-order valence-corrected chi connectivity index (χ3v) is 4.00. The van der Waals surface area contributed by atoms with Crippen molar-refractivity contribution in [2.45, 2.75) is 12.4 Å². The molecule has 0 spiro atoms. The molecule has 0 aliphatic carbocycles. The molecule has 7 N–H and O–H groups in total. The summed E-state index contributed by atoms with van der Waals surface area (Å²) in [4.78, 5) is 30.1. The van der Waals surface area contributed by atoms with Gasteiger partial charge in [-0.05, 0) is 58.8 Å². The zero-order valence-corrected chi connectivity index (χ0v) is 18.3. The molecule has 0 aliphatic heterocycles. The predicted molar refractivity (Wildman–Crippen MR) is 122 cm³/mol. The van der Waals surface area contributed by atoms with Gasteiger partial charge in [0.25, 0.3) is 5.91 Å². The van der Waals surface area contributed by atoms with Crippen molar-refractivity contribution >= 4 is 46.2 Å². The van der Waals surface area contributed by atoms with Gasteiger partial charge < -0.3 is 27.1 Å². The van der Waals surface area contributed by atoms with E-state index >= 15 is 0 Å². The molecule has 0 bridgehead atoms. The molecule has 0 saturated heterocycles. The Hall–Kier alpha value is -4.82. The smallest absolute Gasteiger partial charge is 0.475 e. The fourth-order valence-corrected chi connectivity index (χ4v) is 2.34. The van der Waals surface area contributed by atoms with Crippen LogP contribution in [-0.2, 0) is 9.59 Å². The molecule has 37 heavy (non-hydrogen) atoms. The fourth-order valence-electron chi connectivity index (χ4n) is 2.34. The number of carbonyl (C=O) groups excluding carboxylic acids is 1. The van der Waals surface area contributed by atoms with Crippen LogP contribution in [0.15, 0.2) is 65.8 Å². The third-order valence-electron chi connectivity index (χ3n) is 4.00. The lowest BCUT2D eigenvalue weighted by molar-refractivity contribution is -0.193. The number of nitrogens with one attached hydrogen (secondary N) is 1. The van der Waals surface area contributed by atoms with E-state index in [1.807, 2.05) is 30.3 Å². The van der Waals surface area contributed by atoms with Crippen molar-refractivity contribution < 1.29 is 50.9 Å². The number of halogens is 6. The molecule has 0 fully saturated rings. The van der Waals surface area contributed by atoms with Crippen LogP contribution < -0.4 is 16.9 Å². The summed E-state index contributed by atoms with van der Waals surface area (Å²) in [7, 11) is 0. The Kier molecular flexibility index (Phi) is 10.4. The lowest BCUT2D eigenvalue weighted by Crippen LogP contribution is -2.21. The Morgan fingerprint density at radius 2 is 1.24 bits per heavy atom. The minimum atomic E-state index is -5.08. The van der Waals surface area contributed by atoms with Gasteiger partial charge in [-0.25, -0.2) is 9.59 Å². The number of nitrogens with zero attached hydrogens (tertiary/aromatic N) is 1. The minimum absolute atomic E-state index is 0.163. The lowest BCUT2D eigenvalue weighted by Gasteiger charge is -2.07. The maximum Gasteiger partial charge on any atom is 0.490 e. The monoisotopic (exact) mass is 532 g/mol. The molecule has 0 saturated carbocycles. The van der Waals surface area contributed by atoms with Gasteiger partial charge in [0.1, 0.15) is 0 Å². The fraction of sp³-hybridized carbons (Fsp3) is 0.0909. The molecule has 0 aromatic heterocycles. The summed E-state index contributed by atoms with van der Waals surface area (Å²) >= 11 is 0. The first kappa shape index (κ1) is 30.2. The molecule has 3 rings (SSSR count). The van der Waals surface area contributed by atoms with E-state index < -0.39 is 24.3 Å². The maximum absolute atomic E-state index is 12.3. The average Bonchev–Trinajstić information content (AvgIpc) is 2.80. The highest BCUT2D eigenvalue weighted by Gasteiger charge is 2.38. The number of hydrogen-bond donors (Lipinski definition) is 5. The van der Waals surface area contributed by atoms with Crippen molar-refractivity contribution in [3.05, 3.63) is 71.8 Å². The number of nitrogen functional groups attached to an aromatic ring is 1. The van der Waals surface area contributed by atoms with Crippen molar-refractivity contribution in [1.29, 1.82) is 0 Å². The first-order chi connectivity index (χ1) is 17.0. The van der Waals surface area contributed by atoms with Gasteiger partial charge in [0, 0.05) is 16.9 Å². The Labute approximate surface area is 204 Å². The molecule has 9 nitrogen and oxygen atoms in total. The second-order valence-corrected chi connectivity index (χ2v) is 6.78. The van der Waals surface area contributed by atoms with Gasteiger partial charge in [-0.1, -0.05) is 18.2 Å². The van der Waals surface area contributed by atoms with E-state index in [-0.39, 0.29) is 5.91 Å². The van der Waals surface area contributed by atoms with E-state index in [1.165, 1.54) is 0 Å². The summed E-state index contributed by atoms with van der Waals surface area (Å²) in [6.45, 7) is 0. The molecule has 0 atom stereocenters. The Morgan fingerprint density at radius 1 is 0.784 bits per heavy atom. The van der Waals surface area contributed by atoms with Crippen LogP contribution in [0.1, 0.15) is 15.9 Å². The normalized spacial score (nSPS) is 11.1. The Balaban J connectivity index is 0.000000404. The number of aliphatic carboxylic acids is 2. The summed E-state index contributed by atoms with van der Waals surface area (Å²) in [5.41, 5.74) is 8.51. The van der Waals surface area contributed by atoms with Gasteiger partial charge in [0.05, 0.1) is 6.21 Å². The van der Waals surface area contributed by atoms with E-state index in [0.29, 0.717) is 16.9 Å². The number of hydrazone groups is 1. The number of carbonyl (C=O) groups is 3. The predicted octanol–water partition coefficient (Wildman–Crippen LogP) is 4.23. The summed E-state index contributed by atoms with van der Waals surface area (Å²) in [6, 6.07) is 18.4. The van der Waals surface area contributed by atoms with Gasteiger partial charge in [0.2, 0.25) is 0 Å². The van der Waals surface area contributed by atoms with E-state index in [9.17, 15) is 31.1 Å². The minimum Gasteiger partial charge on any atom is -0.475 e. The van der Waals surface area contributed by atoms with E-state index in [2.05, 4.69) is 10.4 Å². The van der Waals surface area contributed by atoms with Crippen LogP contribution in [0.2, 0.25) is 0 Å². The van der Waals surface area contributed by atoms with Crippen molar-refractivity contribution in [2.75, 3.05) is 11.1 Å². The standard InChI is InChI=1S/C18H16N4O.2C2HF3O2/c19-16-5-7-17(8-6-16)22-18(23)15-4-3-13-9-12(11-21-20)1-2-14(13)10-15;2*3-2(4,5)1(6)7/h1-11H,19-20H2,(H,22,23);2*(H,6,7). The van der Waals surface area contributed by atoms with Crippen molar-refractivity contribution in [3.63, 3.8) is 0 Å². The summed E-state index contributed by atoms with van der Waals surface area (Å²) < 4.78 is 63.5. The van der Waals surface area contributed by atoms with Crippen molar-refractivity contribution in [2.24, 2.45) is 10.9 Å². The summed E-state index contributed by atoms with van der Waals surface area (Å²) in [5.74, 6) is -0.517. The average molecular weight is 532 g/mol. The molecular weight excluding hydrogens is 514 g/mol. The molecule has 0 aliphatic rings. The van der Waals surface area contributed by atoms with E-state index in [0.717, 1.165) is 16.3 Å². The van der Waals surface area contributed by atoms with E-state index in [1.54, 1.807) is 36.5 Å². The largest absolute Gasteiger partial charge is 0.490 e. The molecule has 3 aromatic carbocycles. The lowest BCUT2D eigenvalue weighted by atomic mass is 10.0. The van der Waals surface area contributed by atoms with Crippen molar-refractivity contribution in [1.82, 2.24) is 0 Å². The maximum atomic E-state index is 12.3. The summed E-state index contributed by atoms with van der Waals surface area (Å²) in [5, 5.41) is 22.6. The Bertz CT molecular complexity index is 1250. The van der Waals surface area contributed by atoms with E-state index in [4.69, 9.17) is 31.4 Å². The Morgan fingerprint density at radius 3 is 1.70 bits per heavy atom. The van der Waals surface area contributed by atoms with Gasteiger partial charge in [-0.2, -0.15) is 31.4 Å². The molecule has 15 heteroatoms. The highest BCUT2D eigenvalue weighted by Crippen LogP contribution is 2.19. The van der Waals surface area contributed by atoms with Crippen LogP contribution in [-0.4, -0.2) is 46.6 Å².